The third-order valence-corrected chi connectivity index (χ3v) is 5.68. The van der Waals surface area contributed by atoms with Gasteiger partial charge in [-0.05, 0) is 29.2 Å². The number of nitrogens with one attached hydrogen (secondary N) is 1. The second-order valence-corrected chi connectivity index (χ2v) is 7.73. The highest BCUT2D eigenvalue weighted by Gasteiger charge is 2.29. The van der Waals surface area contributed by atoms with Crippen LogP contribution in [0, 0.1) is 0 Å². The third kappa shape index (κ3) is 4.52. The maximum Gasteiger partial charge on any atom is 0.175 e. The Labute approximate surface area is 167 Å². The van der Waals surface area contributed by atoms with Gasteiger partial charge in [-0.1, -0.05) is 36.4 Å². The molecule has 0 bridgehead atoms. The largest absolute Gasteiger partial charge is 0.377 e. The highest BCUT2D eigenvalue weighted by molar-refractivity contribution is 7.80. The fourth-order valence-electron chi connectivity index (χ4n) is 3.05. The van der Waals surface area contributed by atoms with Gasteiger partial charge in [0.05, 0.1) is 26.3 Å². The molecule has 1 aliphatic heterocycles. The first-order valence-corrected chi connectivity index (χ1v) is 10.2. The van der Waals surface area contributed by atoms with Crippen LogP contribution in [0.25, 0.3) is 0 Å². The summed E-state index contributed by atoms with van der Waals surface area (Å²) in [4.78, 5) is 7.91. The number of rotatable bonds is 5. The first-order chi connectivity index (χ1) is 13.3. The lowest BCUT2D eigenvalue weighted by atomic mass is 10.2. The number of ether oxygens (including phenoxy) is 1. The van der Waals surface area contributed by atoms with Gasteiger partial charge in [-0.2, -0.15) is 5.10 Å². The topological polar surface area (TPSA) is 55.2 Å². The molecule has 8 heteroatoms. The Kier molecular flexibility index (Phi) is 5.76. The SMILES string of the molecule is S=C(NCc1cccs1)N1CCOCC1c1ncn(Cc2ccccc2)n1. The van der Waals surface area contributed by atoms with Crippen molar-refractivity contribution < 1.29 is 4.74 Å². The van der Waals surface area contributed by atoms with Crippen LogP contribution in [0.3, 0.4) is 0 Å². The number of morpholine rings is 1. The van der Waals surface area contributed by atoms with Crippen molar-refractivity contribution in [2.75, 3.05) is 19.8 Å². The number of hydrogen-bond donors (Lipinski definition) is 1. The van der Waals surface area contributed by atoms with E-state index in [1.54, 1.807) is 17.7 Å². The predicted octanol–water partition coefficient (Wildman–Crippen LogP) is 2.84. The first kappa shape index (κ1) is 18.1. The molecule has 1 aromatic carbocycles. The minimum atomic E-state index is -0.0703. The Morgan fingerprint density at radius 2 is 2.15 bits per heavy atom. The molecule has 0 saturated carbocycles. The zero-order chi connectivity index (χ0) is 18.5. The molecule has 0 spiro atoms. The van der Waals surface area contributed by atoms with E-state index in [9.17, 15) is 0 Å². The zero-order valence-corrected chi connectivity index (χ0v) is 16.5. The van der Waals surface area contributed by atoms with Crippen LogP contribution in [0.15, 0.2) is 54.2 Å². The molecule has 0 aliphatic carbocycles. The van der Waals surface area contributed by atoms with Crippen molar-refractivity contribution in [2.24, 2.45) is 0 Å². The molecule has 27 heavy (non-hydrogen) atoms. The Hall–Kier alpha value is -2.29. The Balaban J connectivity index is 1.43. The van der Waals surface area contributed by atoms with Crippen molar-refractivity contribution in [3.63, 3.8) is 0 Å². The summed E-state index contributed by atoms with van der Waals surface area (Å²) in [5.41, 5.74) is 1.19. The molecule has 1 aliphatic rings. The van der Waals surface area contributed by atoms with Crippen molar-refractivity contribution in [1.29, 1.82) is 0 Å². The molecule has 2 aromatic heterocycles. The van der Waals surface area contributed by atoms with Gasteiger partial charge < -0.3 is 15.0 Å². The molecular formula is C19H21N5OS2. The van der Waals surface area contributed by atoms with Gasteiger partial charge in [-0.3, -0.25) is 0 Å². The smallest absolute Gasteiger partial charge is 0.175 e. The van der Waals surface area contributed by atoms with Crippen LogP contribution >= 0.6 is 23.6 Å². The first-order valence-electron chi connectivity index (χ1n) is 8.87. The lowest BCUT2D eigenvalue weighted by Gasteiger charge is -2.35. The van der Waals surface area contributed by atoms with E-state index in [0.29, 0.717) is 19.8 Å². The van der Waals surface area contributed by atoms with E-state index in [1.807, 2.05) is 28.9 Å². The van der Waals surface area contributed by atoms with Gasteiger partial charge in [0.1, 0.15) is 12.4 Å². The van der Waals surface area contributed by atoms with Gasteiger partial charge in [-0.15, -0.1) is 11.3 Å². The Bertz CT molecular complexity index is 865. The third-order valence-electron chi connectivity index (χ3n) is 4.42. The summed E-state index contributed by atoms with van der Waals surface area (Å²) < 4.78 is 7.54. The lowest BCUT2D eigenvalue weighted by molar-refractivity contribution is 0.0222. The molecule has 140 valence electrons. The number of thiophene rings is 1. The summed E-state index contributed by atoms with van der Waals surface area (Å²) in [6.45, 7) is 3.35. The second kappa shape index (κ2) is 8.60. The summed E-state index contributed by atoms with van der Waals surface area (Å²) in [6, 6.07) is 14.3. The standard InChI is InChI=1S/C19H21N5OS2/c26-19(20-11-16-7-4-10-27-16)24-8-9-25-13-17(24)18-21-14-23(22-18)12-15-5-2-1-3-6-15/h1-7,10,14,17H,8-9,11-13H2,(H,20,26). The molecule has 1 fully saturated rings. The van der Waals surface area contributed by atoms with Crippen molar-refractivity contribution in [1.82, 2.24) is 25.0 Å². The molecule has 3 heterocycles. The van der Waals surface area contributed by atoms with E-state index in [-0.39, 0.29) is 6.04 Å². The monoisotopic (exact) mass is 399 g/mol. The molecule has 1 N–H and O–H groups in total. The lowest BCUT2D eigenvalue weighted by Crippen LogP contribution is -2.48. The highest BCUT2D eigenvalue weighted by Crippen LogP contribution is 2.22. The van der Waals surface area contributed by atoms with E-state index in [0.717, 1.165) is 24.0 Å². The summed E-state index contributed by atoms with van der Waals surface area (Å²) in [5.74, 6) is 0.742. The van der Waals surface area contributed by atoms with Gasteiger partial charge >= 0.3 is 0 Å². The number of benzene rings is 1. The van der Waals surface area contributed by atoms with E-state index >= 15 is 0 Å². The average molecular weight is 400 g/mol. The molecule has 1 unspecified atom stereocenters. The van der Waals surface area contributed by atoms with Crippen LogP contribution < -0.4 is 5.32 Å². The van der Waals surface area contributed by atoms with Crippen LogP contribution in [0.1, 0.15) is 22.3 Å². The van der Waals surface area contributed by atoms with E-state index < -0.39 is 0 Å². The maximum absolute atomic E-state index is 5.68. The van der Waals surface area contributed by atoms with Gasteiger partial charge in [0.25, 0.3) is 0 Å². The summed E-state index contributed by atoms with van der Waals surface area (Å²) in [6.07, 6.45) is 1.78. The van der Waals surface area contributed by atoms with Crippen LogP contribution in [0.5, 0.6) is 0 Å². The zero-order valence-electron chi connectivity index (χ0n) is 14.8. The number of thiocarbonyl (C=S) groups is 1. The number of aromatic nitrogens is 3. The average Bonchev–Trinajstić information content (AvgIpc) is 3.39. The fraction of sp³-hybridized carbons (Fsp3) is 0.316. The van der Waals surface area contributed by atoms with Gasteiger partial charge in [-0.25, -0.2) is 9.67 Å². The molecule has 1 saturated heterocycles. The van der Waals surface area contributed by atoms with Gasteiger partial charge in [0.15, 0.2) is 10.9 Å². The summed E-state index contributed by atoms with van der Waals surface area (Å²) >= 11 is 7.36. The fourth-order valence-corrected chi connectivity index (χ4v) is 3.98. The molecule has 3 aromatic rings. The molecule has 4 rings (SSSR count). The maximum atomic E-state index is 5.68. The van der Waals surface area contributed by atoms with Crippen molar-refractivity contribution in [3.8, 4) is 0 Å². The van der Waals surface area contributed by atoms with Crippen molar-refractivity contribution in [3.05, 3.63) is 70.4 Å². The molecule has 1 atom stereocenters. The van der Waals surface area contributed by atoms with Gasteiger partial charge in [0.2, 0.25) is 0 Å². The normalized spacial score (nSPS) is 17.0. The number of hydrogen-bond acceptors (Lipinski definition) is 5. The molecule has 0 amide bonds. The quantitative estimate of drug-likeness (QED) is 0.666. The van der Waals surface area contributed by atoms with E-state index in [2.05, 4.69) is 43.9 Å². The Morgan fingerprint density at radius 1 is 1.26 bits per heavy atom. The molecule has 6 nitrogen and oxygen atoms in total. The van der Waals surface area contributed by atoms with Crippen LogP contribution in [-0.4, -0.2) is 44.5 Å². The van der Waals surface area contributed by atoms with E-state index in [4.69, 9.17) is 17.0 Å². The predicted molar refractivity (Wildman–Crippen MR) is 110 cm³/mol. The van der Waals surface area contributed by atoms with Crippen LogP contribution in [0.2, 0.25) is 0 Å². The van der Waals surface area contributed by atoms with E-state index in [1.165, 1.54) is 10.4 Å². The number of nitrogens with zero attached hydrogens (tertiary/aromatic N) is 4. The van der Waals surface area contributed by atoms with Gasteiger partial charge in [0, 0.05) is 11.4 Å². The highest BCUT2D eigenvalue weighted by atomic mass is 32.1. The van der Waals surface area contributed by atoms with Crippen molar-refractivity contribution >= 4 is 28.7 Å². The van der Waals surface area contributed by atoms with Crippen molar-refractivity contribution in [2.45, 2.75) is 19.1 Å². The minimum Gasteiger partial charge on any atom is -0.377 e. The van der Waals surface area contributed by atoms with Crippen LogP contribution in [0.4, 0.5) is 0 Å². The minimum absolute atomic E-state index is 0.0703. The summed E-state index contributed by atoms with van der Waals surface area (Å²) in [7, 11) is 0. The van der Waals surface area contributed by atoms with Crippen LogP contribution in [-0.2, 0) is 17.8 Å². The molecule has 0 radical (unpaired) electrons. The second-order valence-electron chi connectivity index (χ2n) is 6.31. The summed E-state index contributed by atoms with van der Waals surface area (Å²) in [5, 5.41) is 10.8. The Morgan fingerprint density at radius 3 is 2.96 bits per heavy atom. The molecular weight excluding hydrogens is 378 g/mol.